The van der Waals surface area contributed by atoms with Crippen LogP contribution in [0.5, 0.6) is 0 Å². The van der Waals surface area contributed by atoms with Gasteiger partial charge in [-0.05, 0) is 54.7 Å². The number of hydrogen-bond donors (Lipinski definition) is 0. The van der Waals surface area contributed by atoms with Crippen LogP contribution in [0, 0.1) is 17.6 Å². The first kappa shape index (κ1) is 18.3. The predicted octanol–water partition coefficient (Wildman–Crippen LogP) is 2.92. The van der Waals surface area contributed by atoms with E-state index in [9.17, 15) is 18.4 Å². The van der Waals surface area contributed by atoms with Crippen molar-refractivity contribution < 1.29 is 13.6 Å². The Morgan fingerprint density at radius 3 is 2.68 bits per heavy atom. The van der Waals surface area contributed by atoms with Crippen LogP contribution in [-0.4, -0.2) is 33.4 Å². The van der Waals surface area contributed by atoms with Gasteiger partial charge in [0.05, 0.1) is 17.2 Å². The number of carbonyl (C=O) groups excluding carboxylic acids is 1. The molecule has 0 aliphatic carbocycles. The van der Waals surface area contributed by atoms with Gasteiger partial charge in [-0.1, -0.05) is 0 Å². The van der Waals surface area contributed by atoms with E-state index in [1.165, 1.54) is 23.0 Å². The number of likely N-dealkylation sites (tertiary alicyclic amines) is 1. The molecule has 1 unspecified atom stereocenters. The molecule has 1 saturated heterocycles. The number of hydrogen-bond acceptors (Lipinski definition) is 3. The van der Waals surface area contributed by atoms with Crippen molar-refractivity contribution in [3.63, 3.8) is 0 Å². The van der Waals surface area contributed by atoms with Crippen molar-refractivity contribution in [3.05, 3.63) is 75.8 Å². The molecule has 28 heavy (non-hydrogen) atoms. The molecule has 2 heterocycles. The quantitative estimate of drug-likeness (QED) is 0.699. The van der Waals surface area contributed by atoms with Crippen LogP contribution < -0.4 is 5.56 Å². The van der Waals surface area contributed by atoms with Crippen molar-refractivity contribution in [3.8, 4) is 0 Å². The van der Waals surface area contributed by atoms with Gasteiger partial charge in [0, 0.05) is 31.8 Å². The summed E-state index contributed by atoms with van der Waals surface area (Å²) in [5.74, 6) is -1.15. The van der Waals surface area contributed by atoms with Gasteiger partial charge in [-0.15, -0.1) is 0 Å². The molecule has 0 N–H and O–H groups in total. The minimum absolute atomic E-state index is 0.128. The molecule has 5 nitrogen and oxygen atoms in total. The lowest BCUT2D eigenvalue weighted by Crippen LogP contribution is -2.29. The van der Waals surface area contributed by atoms with Crippen LogP contribution in [0.25, 0.3) is 10.9 Å². The fourth-order valence-electron chi connectivity index (χ4n) is 3.77. The van der Waals surface area contributed by atoms with Crippen molar-refractivity contribution >= 4 is 16.8 Å². The summed E-state index contributed by atoms with van der Waals surface area (Å²) in [6.07, 6.45) is 2.73. The van der Waals surface area contributed by atoms with Crippen LogP contribution >= 0.6 is 0 Å². The molecule has 3 aromatic rings. The van der Waals surface area contributed by atoms with Crippen LogP contribution in [0.2, 0.25) is 0 Å². The molecular formula is C21H19F2N3O2. The van der Waals surface area contributed by atoms with Gasteiger partial charge in [0.25, 0.3) is 11.5 Å². The molecule has 7 heteroatoms. The summed E-state index contributed by atoms with van der Waals surface area (Å²) < 4.78 is 28.1. The van der Waals surface area contributed by atoms with Crippen LogP contribution in [-0.2, 0) is 13.5 Å². The number of halogens is 2. The summed E-state index contributed by atoms with van der Waals surface area (Å²) in [4.78, 5) is 30.9. The first-order valence-electron chi connectivity index (χ1n) is 9.10. The molecule has 1 fully saturated rings. The minimum Gasteiger partial charge on any atom is -0.338 e. The van der Waals surface area contributed by atoms with Crippen molar-refractivity contribution in [2.75, 3.05) is 13.1 Å². The average Bonchev–Trinajstić information content (AvgIpc) is 3.11. The maximum absolute atomic E-state index is 13.4. The fraction of sp³-hybridized carbons (Fsp3) is 0.286. The van der Waals surface area contributed by atoms with Crippen molar-refractivity contribution in [2.24, 2.45) is 13.0 Å². The Morgan fingerprint density at radius 2 is 1.93 bits per heavy atom. The van der Waals surface area contributed by atoms with E-state index in [1.54, 1.807) is 30.1 Å². The van der Waals surface area contributed by atoms with Gasteiger partial charge in [-0.3, -0.25) is 9.59 Å². The maximum atomic E-state index is 13.4. The molecule has 1 aliphatic rings. The Labute approximate surface area is 160 Å². The molecule has 0 radical (unpaired) electrons. The zero-order chi connectivity index (χ0) is 19.8. The van der Waals surface area contributed by atoms with Crippen LogP contribution in [0.4, 0.5) is 8.78 Å². The predicted molar refractivity (Wildman–Crippen MR) is 101 cm³/mol. The Bertz CT molecular complexity index is 1110. The second kappa shape index (κ2) is 7.14. The van der Waals surface area contributed by atoms with Crippen molar-refractivity contribution in [1.29, 1.82) is 0 Å². The molecule has 0 saturated carbocycles. The number of nitrogens with zero attached hydrogens (tertiary/aromatic N) is 3. The van der Waals surface area contributed by atoms with E-state index in [0.29, 0.717) is 41.5 Å². The molecule has 1 atom stereocenters. The Hall–Kier alpha value is -3.09. The highest BCUT2D eigenvalue weighted by Crippen LogP contribution is 2.24. The second-order valence-corrected chi connectivity index (χ2v) is 7.28. The topological polar surface area (TPSA) is 55.2 Å². The van der Waals surface area contributed by atoms with E-state index >= 15 is 0 Å². The molecule has 144 valence electrons. The van der Waals surface area contributed by atoms with E-state index in [2.05, 4.69) is 4.98 Å². The van der Waals surface area contributed by atoms with Gasteiger partial charge in [-0.25, -0.2) is 13.8 Å². The van der Waals surface area contributed by atoms with E-state index in [0.717, 1.165) is 12.5 Å². The summed E-state index contributed by atoms with van der Waals surface area (Å²) in [6, 6.07) is 8.43. The number of fused-ring (bicyclic) bond motifs is 1. The van der Waals surface area contributed by atoms with Gasteiger partial charge in [0.1, 0.15) is 11.6 Å². The largest absolute Gasteiger partial charge is 0.338 e. The summed E-state index contributed by atoms with van der Waals surface area (Å²) in [7, 11) is 1.63. The van der Waals surface area contributed by atoms with Gasteiger partial charge in [0.2, 0.25) is 0 Å². The van der Waals surface area contributed by atoms with Crippen LogP contribution in [0.15, 0.2) is 47.5 Å². The van der Waals surface area contributed by atoms with Gasteiger partial charge >= 0.3 is 0 Å². The third-order valence-electron chi connectivity index (χ3n) is 5.19. The maximum Gasteiger partial charge on any atom is 0.260 e. The smallest absolute Gasteiger partial charge is 0.260 e. The average molecular weight is 383 g/mol. The van der Waals surface area contributed by atoms with Gasteiger partial charge in [-0.2, -0.15) is 0 Å². The lowest BCUT2D eigenvalue weighted by molar-refractivity contribution is 0.0787. The molecule has 0 spiro atoms. The Kier molecular flexibility index (Phi) is 4.66. The number of benzene rings is 2. The highest BCUT2D eigenvalue weighted by atomic mass is 19.1. The first-order chi connectivity index (χ1) is 13.4. The number of aryl methyl sites for hydroxylation is 1. The minimum atomic E-state index is -0.587. The lowest BCUT2D eigenvalue weighted by Gasteiger charge is -2.17. The van der Waals surface area contributed by atoms with Crippen LogP contribution in [0.3, 0.4) is 0 Å². The Balaban J connectivity index is 1.49. The lowest BCUT2D eigenvalue weighted by atomic mass is 9.98. The SMILES string of the molecule is Cn1cnc2cc(C(=O)N3CCC(Cc4cc(F)cc(F)c4)C3)ccc2c1=O. The third-order valence-corrected chi connectivity index (χ3v) is 5.19. The van der Waals surface area contributed by atoms with Crippen molar-refractivity contribution in [2.45, 2.75) is 12.8 Å². The second-order valence-electron chi connectivity index (χ2n) is 7.28. The Morgan fingerprint density at radius 1 is 1.18 bits per heavy atom. The standard InChI is InChI=1S/C21H19F2N3O2/c1-25-12-24-19-9-15(2-3-18(19)21(25)28)20(27)26-5-4-13(11-26)6-14-7-16(22)10-17(23)8-14/h2-3,7-10,12-13H,4-6,11H2,1H3. The summed E-state index contributed by atoms with van der Waals surface area (Å²) in [5, 5.41) is 0.467. The summed E-state index contributed by atoms with van der Waals surface area (Å²) in [6.45, 7) is 1.11. The van der Waals surface area contributed by atoms with Crippen LogP contribution in [0.1, 0.15) is 22.3 Å². The molecule has 1 aliphatic heterocycles. The molecule has 4 rings (SSSR count). The zero-order valence-electron chi connectivity index (χ0n) is 15.4. The highest BCUT2D eigenvalue weighted by Gasteiger charge is 2.27. The normalized spacial score (nSPS) is 16.7. The number of carbonyl (C=O) groups is 1. The third kappa shape index (κ3) is 3.52. The summed E-state index contributed by atoms with van der Waals surface area (Å²) in [5.41, 5.74) is 1.40. The zero-order valence-corrected chi connectivity index (χ0v) is 15.4. The van der Waals surface area contributed by atoms with E-state index in [1.807, 2.05) is 0 Å². The molecule has 2 aromatic carbocycles. The van der Waals surface area contributed by atoms with E-state index in [-0.39, 0.29) is 17.4 Å². The first-order valence-corrected chi connectivity index (χ1v) is 9.10. The van der Waals surface area contributed by atoms with Gasteiger partial charge in [0.15, 0.2) is 0 Å². The molecule has 0 bridgehead atoms. The van der Waals surface area contributed by atoms with Gasteiger partial charge < -0.3 is 9.47 Å². The highest BCUT2D eigenvalue weighted by molar-refractivity contribution is 5.97. The number of rotatable bonds is 3. The number of amides is 1. The van der Waals surface area contributed by atoms with E-state index in [4.69, 9.17) is 0 Å². The molecular weight excluding hydrogens is 364 g/mol. The molecule has 1 amide bonds. The summed E-state index contributed by atoms with van der Waals surface area (Å²) >= 11 is 0. The van der Waals surface area contributed by atoms with E-state index < -0.39 is 11.6 Å². The monoisotopic (exact) mass is 383 g/mol. The molecule has 1 aromatic heterocycles. The number of aromatic nitrogens is 2. The fourth-order valence-corrected chi connectivity index (χ4v) is 3.77. The van der Waals surface area contributed by atoms with Crippen molar-refractivity contribution in [1.82, 2.24) is 14.5 Å².